The molecule has 4 rings (SSSR count). The van der Waals surface area contributed by atoms with Crippen LogP contribution in [0.1, 0.15) is 23.4 Å². The highest BCUT2D eigenvalue weighted by Crippen LogP contribution is 2.34. The van der Waals surface area contributed by atoms with Crippen LogP contribution >= 0.6 is 0 Å². The quantitative estimate of drug-likeness (QED) is 0.532. The van der Waals surface area contributed by atoms with Crippen LogP contribution in [0.2, 0.25) is 0 Å². The fraction of sp³-hybridized carbons (Fsp3) is 0.211. The first-order valence-electron chi connectivity index (χ1n) is 8.30. The van der Waals surface area contributed by atoms with Gasteiger partial charge in [-0.25, -0.2) is 22.8 Å². The topological polar surface area (TPSA) is 48.5 Å². The lowest BCUT2D eigenvalue weighted by Gasteiger charge is -2.08. The average molecular weight is 371 g/mol. The fourth-order valence-corrected chi connectivity index (χ4v) is 3.27. The minimum Gasteiger partial charge on any atom is -0.275 e. The van der Waals surface area contributed by atoms with E-state index in [2.05, 4.69) is 15.2 Å². The van der Waals surface area contributed by atoms with Crippen molar-refractivity contribution < 1.29 is 13.2 Å². The van der Waals surface area contributed by atoms with Gasteiger partial charge in [-0.3, -0.25) is 4.68 Å². The van der Waals surface area contributed by atoms with Gasteiger partial charge >= 0.3 is 0 Å². The van der Waals surface area contributed by atoms with Crippen molar-refractivity contribution in [3.05, 3.63) is 59.3 Å². The van der Waals surface area contributed by atoms with E-state index in [1.807, 2.05) is 0 Å². The molecule has 0 fully saturated rings. The maximum atomic E-state index is 14.3. The number of para-hydroxylation sites is 1. The zero-order chi connectivity index (χ0) is 19.3. The van der Waals surface area contributed by atoms with Crippen molar-refractivity contribution in [2.24, 2.45) is 7.05 Å². The van der Waals surface area contributed by atoms with Gasteiger partial charge in [-0.1, -0.05) is 12.1 Å². The highest BCUT2D eigenvalue weighted by Gasteiger charge is 2.23. The summed E-state index contributed by atoms with van der Waals surface area (Å²) in [6.45, 7) is 3.39. The van der Waals surface area contributed by atoms with Crippen molar-refractivity contribution in [3.63, 3.8) is 0 Å². The minimum absolute atomic E-state index is 0.156. The Balaban J connectivity index is 2.08. The highest BCUT2D eigenvalue weighted by molar-refractivity contribution is 5.86. The lowest BCUT2D eigenvalue weighted by atomic mass is 10.1. The number of aromatic nitrogens is 5. The van der Waals surface area contributed by atoms with Crippen LogP contribution in [0.15, 0.2) is 36.5 Å². The number of hydrogen-bond acceptors (Lipinski definition) is 3. The molecule has 138 valence electrons. The van der Waals surface area contributed by atoms with E-state index in [4.69, 9.17) is 0 Å². The summed E-state index contributed by atoms with van der Waals surface area (Å²) in [6.07, 6.45) is -1.00. The monoisotopic (exact) mass is 371 g/mol. The standard InChI is InChI=1S/C19H16F3N5/c1-10-13(9-26(3)24-10)15-8-12(18(21)22)17-11(2)25-27(19(17)23-15)16-7-5-4-6-14(16)20/h4-9,18H,1-3H3. The molecule has 0 aliphatic carbocycles. The summed E-state index contributed by atoms with van der Waals surface area (Å²) in [5.41, 5.74) is 2.18. The van der Waals surface area contributed by atoms with Gasteiger partial charge in [0, 0.05) is 24.4 Å². The van der Waals surface area contributed by atoms with E-state index in [9.17, 15) is 13.2 Å². The van der Waals surface area contributed by atoms with E-state index in [0.717, 1.165) is 0 Å². The summed E-state index contributed by atoms with van der Waals surface area (Å²) in [6, 6.07) is 7.40. The molecule has 0 atom stereocenters. The Labute approximate surface area is 153 Å². The van der Waals surface area contributed by atoms with E-state index in [1.54, 1.807) is 43.9 Å². The van der Waals surface area contributed by atoms with Crippen LogP contribution in [0.25, 0.3) is 28.0 Å². The Hall–Kier alpha value is -3.16. The number of fused-ring (bicyclic) bond motifs is 1. The second-order valence-corrected chi connectivity index (χ2v) is 6.35. The van der Waals surface area contributed by atoms with Gasteiger partial charge in [0.15, 0.2) is 5.65 Å². The van der Waals surface area contributed by atoms with Gasteiger partial charge in [0.2, 0.25) is 0 Å². The molecule has 0 bridgehead atoms. The van der Waals surface area contributed by atoms with E-state index < -0.39 is 12.2 Å². The van der Waals surface area contributed by atoms with Gasteiger partial charge in [-0.05, 0) is 32.0 Å². The third-order valence-electron chi connectivity index (χ3n) is 4.45. The molecule has 8 heteroatoms. The molecule has 1 aromatic carbocycles. The molecule has 0 aliphatic heterocycles. The van der Waals surface area contributed by atoms with Gasteiger partial charge in [-0.15, -0.1) is 0 Å². The third-order valence-corrected chi connectivity index (χ3v) is 4.45. The summed E-state index contributed by atoms with van der Waals surface area (Å²) >= 11 is 0. The van der Waals surface area contributed by atoms with Crippen LogP contribution < -0.4 is 0 Å². The van der Waals surface area contributed by atoms with Crippen molar-refractivity contribution in [2.75, 3.05) is 0 Å². The maximum Gasteiger partial charge on any atom is 0.264 e. The number of halogens is 3. The van der Waals surface area contributed by atoms with Gasteiger partial charge in [0.25, 0.3) is 6.43 Å². The molecule has 0 N–H and O–H groups in total. The molecule has 5 nitrogen and oxygen atoms in total. The smallest absolute Gasteiger partial charge is 0.264 e. The van der Waals surface area contributed by atoms with Crippen LogP contribution in [-0.2, 0) is 7.05 Å². The number of rotatable bonds is 3. The predicted molar refractivity (Wildman–Crippen MR) is 95.5 cm³/mol. The second-order valence-electron chi connectivity index (χ2n) is 6.35. The van der Waals surface area contributed by atoms with Gasteiger partial charge in [0.05, 0.1) is 22.5 Å². The van der Waals surface area contributed by atoms with Crippen LogP contribution in [0.5, 0.6) is 0 Å². The minimum atomic E-state index is -2.72. The molecule has 3 aromatic heterocycles. The van der Waals surface area contributed by atoms with Crippen molar-refractivity contribution in [1.29, 1.82) is 0 Å². The molecular formula is C19H16F3N5. The Morgan fingerprint density at radius 3 is 2.41 bits per heavy atom. The SMILES string of the molecule is Cc1nn(C)cc1-c1cc(C(F)F)c2c(C)nn(-c3ccccc3F)c2n1. The van der Waals surface area contributed by atoms with Crippen LogP contribution in [-0.4, -0.2) is 24.5 Å². The van der Waals surface area contributed by atoms with E-state index in [-0.39, 0.29) is 22.3 Å². The number of benzene rings is 1. The molecule has 0 saturated carbocycles. The molecule has 3 heterocycles. The van der Waals surface area contributed by atoms with E-state index >= 15 is 0 Å². The first kappa shape index (κ1) is 17.3. The Bertz CT molecular complexity index is 1160. The predicted octanol–water partition coefficient (Wildman–Crippen LogP) is 4.51. The lowest BCUT2D eigenvalue weighted by molar-refractivity contribution is 0.153. The summed E-state index contributed by atoms with van der Waals surface area (Å²) < 4.78 is 44.8. The lowest BCUT2D eigenvalue weighted by Crippen LogP contribution is -2.02. The van der Waals surface area contributed by atoms with E-state index in [1.165, 1.54) is 22.9 Å². The molecule has 0 radical (unpaired) electrons. The number of alkyl halides is 2. The molecule has 0 amide bonds. The van der Waals surface area contributed by atoms with Crippen molar-refractivity contribution in [2.45, 2.75) is 20.3 Å². The van der Waals surface area contributed by atoms with Crippen LogP contribution in [0.4, 0.5) is 13.2 Å². The zero-order valence-corrected chi connectivity index (χ0v) is 14.9. The fourth-order valence-electron chi connectivity index (χ4n) is 3.27. The molecule has 4 aromatic rings. The first-order valence-corrected chi connectivity index (χ1v) is 8.30. The molecular weight excluding hydrogens is 355 g/mol. The first-order chi connectivity index (χ1) is 12.9. The Morgan fingerprint density at radius 1 is 1.04 bits per heavy atom. The maximum absolute atomic E-state index is 14.3. The van der Waals surface area contributed by atoms with Gasteiger partial charge in [-0.2, -0.15) is 10.2 Å². The van der Waals surface area contributed by atoms with Crippen LogP contribution in [0, 0.1) is 19.7 Å². The highest BCUT2D eigenvalue weighted by atomic mass is 19.3. The number of hydrogen-bond donors (Lipinski definition) is 0. The van der Waals surface area contributed by atoms with Gasteiger partial charge < -0.3 is 0 Å². The summed E-state index contributed by atoms with van der Waals surface area (Å²) in [4.78, 5) is 4.55. The van der Waals surface area contributed by atoms with E-state index in [0.29, 0.717) is 22.6 Å². The third kappa shape index (κ3) is 2.77. The normalized spacial score (nSPS) is 11.7. The number of nitrogens with zero attached hydrogens (tertiary/aromatic N) is 5. The van der Waals surface area contributed by atoms with Crippen LogP contribution in [0.3, 0.4) is 0 Å². The summed E-state index contributed by atoms with van der Waals surface area (Å²) in [5.74, 6) is -0.509. The molecule has 0 spiro atoms. The largest absolute Gasteiger partial charge is 0.275 e. The molecule has 27 heavy (non-hydrogen) atoms. The Morgan fingerprint density at radius 2 is 1.78 bits per heavy atom. The molecule has 0 saturated heterocycles. The number of aryl methyl sites for hydroxylation is 3. The summed E-state index contributed by atoms with van der Waals surface area (Å²) in [7, 11) is 1.75. The number of pyridine rings is 1. The summed E-state index contributed by atoms with van der Waals surface area (Å²) in [5, 5.41) is 8.77. The average Bonchev–Trinajstić information content (AvgIpc) is 3.13. The van der Waals surface area contributed by atoms with Gasteiger partial charge in [0.1, 0.15) is 11.5 Å². The van der Waals surface area contributed by atoms with Crippen molar-refractivity contribution in [1.82, 2.24) is 24.5 Å². The molecule has 0 aliphatic rings. The molecule has 0 unspecified atom stereocenters. The van der Waals surface area contributed by atoms with Crippen molar-refractivity contribution >= 4 is 11.0 Å². The Kier molecular flexibility index (Phi) is 3.98. The zero-order valence-electron chi connectivity index (χ0n) is 14.9. The second kappa shape index (κ2) is 6.22. The van der Waals surface area contributed by atoms with Crippen molar-refractivity contribution in [3.8, 4) is 16.9 Å².